The Balaban J connectivity index is 2.05. The minimum atomic E-state index is -0.100. The van der Waals surface area contributed by atoms with Gasteiger partial charge in [0, 0.05) is 26.0 Å². The molecular weight excluding hydrogens is 238 g/mol. The first-order chi connectivity index (χ1) is 9.12. The molecule has 0 spiro atoms. The molecule has 0 atom stereocenters. The molecule has 1 heterocycles. The molecule has 0 aliphatic rings. The third kappa shape index (κ3) is 3.58. The first-order valence-corrected chi connectivity index (χ1v) is 6.49. The predicted molar refractivity (Wildman–Crippen MR) is 77.8 cm³/mol. The van der Waals surface area contributed by atoms with Gasteiger partial charge in [-0.05, 0) is 32.4 Å². The molecule has 4 heteroatoms. The van der Waals surface area contributed by atoms with E-state index < -0.39 is 0 Å². The zero-order chi connectivity index (χ0) is 13.7. The van der Waals surface area contributed by atoms with Crippen LogP contribution in [0.25, 0.3) is 5.69 Å². The third-order valence-electron chi connectivity index (χ3n) is 3.28. The highest BCUT2D eigenvalue weighted by atomic mass is 16.5. The summed E-state index contributed by atoms with van der Waals surface area (Å²) in [5.41, 5.74) is 2.11. The van der Waals surface area contributed by atoms with Gasteiger partial charge >= 0.3 is 0 Å². The Bertz CT molecular complexity index is 506. The topological polar surface area (TPSA) is 39.1 Å². The maximum atomic E-state index is 5.42. The first kappa shape index (κ1) is 13.6. The summed E-state index contributed by atoms with van der Waals surface area (Å²) in [5.74, 6) is 0. The van der Waals surface area contributed by atoms with Crippen molar-refractivity contribution in [2.24, 2.45) is 0 Å². The lowest BCUT2D eigenvalue weighted by Crippen LogP contribution is -2.25. The van der Waals surface area contributed by atoms with Gasteiger partial charge in [0.25, 0.3) is 0 Å². The maximum absolute atomic E-state index is 5.42. The van der Waals surface area contributed by atoms with E-state index in [4.69, 9.17) is 4.74 Å². The Kier molecular flexibility index (Phi) is 4.22. The summed E-state index contributed by atoms with van der Waals surface area (Å²) in [6.07, 6.45) is 6.48. The van der Waals surface area contributed by atoms with Crippen molar-refractivity contribution < 1.29 is 4.74 Å². The molecule has 1 aromatic heterocycles. The lowest BCUT2D eigenvalue weighted by molar-refractivity contribution is 0.0185. The monoisotopic (exact) mass is 259 g/mol. The second-order valence-electron chi connectivity index (χ2n) is 5.13. The molecule has 0 saturated heterocycles. The fourth-order valence-corrected chi connectivity index (χ4v) is 1.85. The Labute approximate surface area is 114 Å². The van der Waals surface area contributed by atoms with Crippen molar-refractivity contribution in [1.82, 2.24) is 9.55 Å². The lowest BCUT2D eigenvalue weighted by Gasteiger charge is -2.23. The number of para-hydroxylation sites is 2. The maximum Gasteiger partial charge on any atom is 0.0992 e. The number of anilines is 1. The van der Waals surface area contributed by atoms with Gasteiger partial charge in [-0.2, -0.15) is 0 Å². The number of ether oxygens (including phenoxy) is 1. The molecule has 0 amide bonds. The van der Waals surface area contributed by atoms with Crippen molar-refractivity contribution in [3.8, 4) is 5.69 Å². The second-order valence-corrected chi connectivity index (χ2v) is 5.13. The summed E-state index contributed by atoms with van der Waals surface area (Å²) in [5, 5.41) is 3.46. The molecule has 0 fully saturated rings. The van der Waals surface area contributed by atoms with Crippen LogP contribution in [0.2, 0.25) is 0 Å². The minimum Gasteiger partial charge on any atom is -0.383 e. The standard InChI is InChI=1S/C15H21N3O/c1-15(2,19-3)8-9-17-13-6-4-5-7-14(13)18-11-10-16-12-18/h4-7,10-12,17H,8-9H2,1-3H3. The number of nitrogens with one attached hydrogen (secondary N) is 1. The molecule has 102 valence electrons. The molecule has 2 rings (SSSR count). The molecule has 0 aliphatic carbocycles. The van der Waals surface area contributed by atoms with Gasteiger partial charge in [0.1, 0.15) is 0 Å². The van der Waals surface area contributed by atoms with Crippen molar-refractivity contribution >= 4 is 5.69 Å². The minimum absolute atomic E-state index is 0.100. The summed E-state index contributed by atoms with van der Waals surface area (Å²) < 4.78 is 7.43. The van der Waals surface area contributed by atoms with Gasteiger partial charge in [0.05, 0.1) is 23.3 Å². The highest BCUT2D eigenvalue weighted by Gasteiger charge is 2.15. The predicted octanol–water partition coefficient (Wildman–Crippen LogP) is 3.10. The number of imidazole rings is 1. The van der Waals surface area contributed by atoms with E-state index in [0.717, 1.165) is 24.3 Å². The number of benzene rings is 1. The van der Waals surface area contributed by atoms with Crippen LogP contribution in [-0.2, 0) is 4.74 Å². The summed E-state index contributed by atoms with van der Waals surface area (Å²) in [6, 6.07) is 8.21. The Morgan fingerprint density at radius 2 is 2.11 bits per heavy atom. The van der Waals surface area contributed by atoms with Crippen molar-refractivity contribution in [3.63, 3.8) is 0 Å². The quantitative estimate of drug-likeness (QED) is 0.866. The fourth-order valence-electron chi connectivity index (χ4n) is 1.85. The van der Waals surface area contributed by atoms with Crippen LogP contribution >= 0.6 is 0 Å². The highest BCUT2D eigenvalue weighted by molar-refractivity contribution is 5.60. The average Bonchev–Trinajstić information content (AvgIpc) is 2.93. The molecule has 1 aromatic carbocycles. The van der Waals surface area contributed by atoms with Gasteiger partial charge in [-0.25, -0.2) is 4.98 Å². The normalized spacial score (nSPS) is 11.5. The molecule has 19 heavy (non-hydrogen) atoms. The zero-order valence-electron chi connectivity index (χ0n) is 11.8. The largest absolute Gasteiger partial charge is 0.383 e. The lowest BCUT2D eigenvalue weighted by atomic mass is 10.1. The molecule has 0 saturated carbocycles. The van der Waals surface area contributed by atoms with E-state index in [-0.39, 0.29) is 5.60 Å². The van der Waals surface area contributed by atoms with Gasteiger partial charge in [0.15, 0.2) is 0 Å². The zero-order valence-corrected chi connectivity index (χ0v) is 11.8. The average molecular weight is 259 g/mol. The van der Waals surface area contributed by atoms with Gasteiger partial charge in [0.2, 0.25) is 0 Å². The van der Waals surface area contributed by atoms with Crippen molar-refractivity contribution in [2.45, 2.75) is 25.9 Å². The molecule has 0 unspecified atom stereocenters. The summed E-state index contributed by atoms with van der Waals surface area (Å²) in [6.45, 7) is 5.06. The molecular formula is C15H21N3O. The first-order valence-electron chi connectivity index (χ1n) is 6.49. The number of hydrogen-bond acceptors (Lipinski definition) is 3. The van der Waals surface area contributed by atoms with Gasteiger partial charge in [-0.15, -0.1) is 0 Å². The Morgan fingerprint density at radius 3 is 2.79 bits per heavy atom. The molecule has 0 bridgehead atoms. The van der Waals surface area contributed by atoms with Gasteiger partial charge in [-0.3, -0.25) is 0 Å². The number of rotatable bonds is 6. The van der Waals surface area contributed by atoms with Crippen LogP contribution in [-0.4, -0.2) is 28.8 Å². The third-order valence-corrected chi connectivity index (χ3v) is 3.28. The van der Waals surface area contributed by atoms with E-state index in [9.17, 15) is 0 Å². The van der Waals surface area contributed by atoms with Crippen LogP contribution in [0, 0.1) is 0 Å². The Hall–Kier alpha value is -1.81. The van der Waals surface area contributed by atoms with E-state index in [2.05, 4.69) is 36.3 Å². The molecule has 2 aromatic rings. The number of aromatic nitrogens is 2. The van der Waals surface area contributed by atoms with Crippen LogP contribution in [0.1, 0.15) is 20.3 Å². The van der Waals surface area contributed by atoms with Crippen molar-refractivity contribution in [3.05, 3.63) is 43.0 Å². The van der Waals surface area contributed by atoms with E-state index in [1.807, 2.05) is 22.9 Å². The second kappa shape index (κ2) is 5.89. The molecule has 0 aliphatic heterocycles. The van der Waals surface area contributed by atoms with E-state index >= 15 is 0 Å². The molecule has 1 N–H and O–H groups in total. The molecule has 4 nitrogen and oxygen atoms in total. The smallest absolute Gasteiger partial charge is 0.0992 e. The highest BCUT2D eigenvalue weighted by Crippen LogP contribution is 2.20. The Morgan fingerprint density at radius 1 is 1.32 bits per heavy atom. The van der Waals surface area contributed by atoms with Crippen molar-refractivity contribution in [1.29, 1.82) is 0 Å². The number of hydrogen-bond donors (Lipinski definition) is 1. The summed E-state index contributed by atoms with van der Waals surface area (Å²) >= 11 is 0. The SMILES string of the molecule is COC(C)(C)CCNc1ccccc1-n1ccnc1. The van der Waals surface area contributed by atoms with Gasteiger partial charge < -0.3 is 14.6 Å². The molecule has 0 radical (unpaired) electrons. The number of methoxy groups -OCH3 is 1. The van der Waals surface area contributed by atoms with E-state index in [1.165, 1.54) is 0 Å². The van der Waals surface area contributed by atoms with Crippen LogP contribution in [0.15, 0.2) is 43.0 Å². The van der Waals surface area contributed by atoms with Crippen LogP contribution in [0.3, 0.4) is 0 Å². The fraction of sp³-hybridized carbons (Fsp3) is 0.400. The summed E-state index contributed by atoms with van der Waals surface area (Å²) in [7, 11) is 1.75. The van der Waals surface area contributed by atoms with E-state index in [1.54, 1.807) is 19.6 Å². The van der Waals surface area contributed by atoms with Crippen LogP contribution in [0.4, 0.5) is 5.69 Å². The van der Waals surface area contributed by atoms with Gasteiger partial charge in [-0.1, -0.05) is 12.1 Å². The number of nitrogens with zero attached hydrogens (tertiary/aromatic N) is 2. The van der Waals surface area contributed by atoms with Crippen molar-refractivity contribution in [2.75, 3.05) is 19.0 Å². The van der Waals surface area contributed by atoms with Crippen LogP contribution in [0.5, 0.6) is 0 Å². The van der Waals surface area contributed by atoms with E-state index in [0.29, 0.717) is 0 Å². The summed E-state index contributed by atoms with van der Waals surface area (Å²) in [4.78, 5) is 4.09. The van der Waals surface area contributed by atoms with Crippen LogP contribution < -0.4 is 5.32 Å².